The van der Waals surface area contributed by atoms with Gasteiger partial charge in [0.1, 0.15) is 0 Å². The van der Waals surface area contributed by atoms with Crippen molar-refractivity contribution in [3.05, 3.63) is 22.4 Å². The van der Waals surface area contributed by atoms with E-state index in [1.165, 1.54) is 11.3 Å². The molecule has 5 nitrogen and oxygen atoms in total. The number of rotatable bonds is 5. The van der Waals surface area contributed by atoms with Crippen LogP contribution in [0, 0.1) is 0 Å². The van der Waals surface area contributed by atoms with Crippen LogP contribution in [-0.4, -0.2) is 44.0 Å². The molecule has 2 rings (SSSR count). The number of thiophene rings is 1. The lowest BCUT2D eigenvalue weighted by Crippen LogP contribution is -2.38. The van der Waals surface area contributed by atoms with E-state index >= 15 is 0 Å². The summed E-state index contributed by atoms with van der Waals surface area (Å²) in [5.41, 5.74) is 0. The van der Waals surface area contributed by atoms with Crippen LogP contribution in [0.25, 0.3) is 0 Å². The highest BCUT2D eigenvalue weighted by atomic mass is 32.2. The van der Waals surface area contributed by atoms with Crippen LogP contribution in [0.15, 0.2) is 17.5 Å². The lowest BCUT2D eigenvalue weighted by atomic mass is 10.2. The Hall–Kier alpha value is -0.920. The first kappa shape index (κ1) is 15.5. The van der Waals surface area contributed by atoms with Gasteiger partial charge in [-0.25, -0.2) is 12.7 Å². The zero-order chi connectivity index (χ0) is 14.4. The maximum atomic E-state index is 12.2. The van der Waals surface area contributed by atoms with Crippen LogP contribution in [0.3, 0.4) is 0 Å². The van der Waals surface area contributed by atoms with Crippen LogP contribution in [0.1, 0.15) is 35.4 Å². The van der Waals surface area contributed by atoms with Crippen molar-refractivity contribution < 1.29 is 13.2 Å². The van der Waals surface area contributed by atoms with Crippen LogP contribution in [0.4, 0.5) is 0 Å². The fourth-order valence-corrected chi connectivity index (χ4v) is 4.31. The minimum absolute atomic E-state index is 0.0237. The molecule has 0 aliphatic carbocycles. The van der Waals surface area contributed by atoms with Gasteiger partial charge in [-0.3, -0.25) is 4.79 Å². The molecule has 0 unspecified atom stereocenters. The van der Waals surface area contributed by atoms with E-state index < -0.39 is 10.0 Å². The third-order valence-corrected chi connectivity index (χ3v) is 6.09. The van der Waals surface area contributed by atoms with Crippen molar-refractivity contribution in [3.8, 4) is 0 Å². The number of amides is 1. The summed E-state index contributed by atoms with van der Waals surface area (Å²) in [6, 6.07) is 3.52. The summed E-state index contributed by atoms with van der Waals surface area (Å²) in [5.74, 6) is -0.226. The molecule has 1 aromatic heterocycles. The topological polar surface area (TPSA) is 66.5 Å². The third-order valence-electron chi connectivity index (χ3n) is 3.35. The molecule has 1 amide bonds. The predicted octanol–water partition coefficient (Wildman–Crippen LogP) is 1.68. The zero-order valence-corrected chi connectivity index (χ0v) is 13.0. The minimum atomic E-state index is -3.25. The van der Waals surface area contributed by atoms with Crippen molar-refractivity contribution in [3.63, 3.8) is 0 Å². The Morgan fingerprint density at radius 2 is 1.95 bits per heavy atom. The largest absolute Gasteiger partial charge is 0.350 e. The Bertz CT molecular complexity index is 518. The quantitative estimate of drug-likeness (QED) is 0.899. The Kier molecular flexibility index (Phi) is 5.56. The molecule has 0 aromatic carbocycles. The van der Waals surface area contributed by atoms with Gasteiger partial charge in [-0.05, 0) is 24.3 Å². The van der Waals surface area contributed by atoms with Crippen molar-refractivity contribution in [2.45, 2.75) is 25.7 Å². The summed E-state index contributed by atoms with van der Waals surface area (Å²) in [6.45, 7) is 1.39. The Morgan fingerprint density at radius 1 is 1.25 bits per heavy atom. The lowest BCUT2D eigenvalue weighted by Gasteiger charge is -2.19. The molecule has 1 saturated heterocycles. The van der Waals surface area contributed by atoms with E-state index in [4.69, 9.17) is 0 Å². The van der Waals surface area contributed by atoms with Gasteiger partial charge in [0.2, 0.25) is 10.0 Å². The molecule has 20 heavy (non-hydrogen) atoms. The Morgan fingerprint density at radius 3 is 2.55 bits per heavy atom. The Balaban J connectivity index is 1.81. The first-order valence-corrected chi connectivity index (χ1v) is 9.38. The monoisotopic (exact) mass is 316 g/mol. The van der Waals surface area contributed by atoms with Gasteiger partial charge in [-0.1, -0.05) is 18.9 Å². The van der Waals surface area contributed by atoms with Crippen LogP contribution < -0.4 is 5.32 Å². The van der Waals surface area contributed by atoms with E-state index in [0.717, 1.165) is 25.7 Å². The van der Waals surface area contributed by atoms with E-state index in [-0.39, 0.29) is 18.2 Å². The molecular formula is C13H20N2O3S2. The maximum absolute atomic E-state index is 12.2. The molecule has 1 aliphatic heterocycles. The van der Waals surface area contributed by atoms with E-state index in [9.17, 15) is 13.2 Å². The highest BCUT2D eigenvalue weighted by Gasteiger charge is 2.22. The van der Waals surface area contributed by atoms with Gasteiger partial charge in [0.05, 0.1) is 10.6 Å². The van der Waals surface area contributed by atoms with E-state index in [1.807, 2.05) is 5.38 Å². The van der Waals surface area contributed by atoms with Gasteiger partial charge in [-0.15, -0.1) is 11.3 Å². The Labute approximate surface area is 124 Å². The molecule has 7 heteroatoms. The average Bonchev–Trinajstić information content (AvgIpc) is 2.80. The van der Waals surface area contributed by atoms with Gasteiger partial charge < -0.3 is 5.32 Å². The highest BCUT2D eigenvalue weighted by Crippen LogP contribution is 2.13. The second-order valence-corrected chi connectivity index (χ2v) is 7.90. The van der Waals surface area contributed by atoms with Crippen LogP contribution in [0.5, 0.6) is 0 Å². The maximum Gasteiger partial charge on any atom is 0.261 e. The summed E-state index contributed by atoms with van der Waals surface area (Å²) in [4.78, 5) is 12.3. The standard InChI is InChI=1S/C13H20N2O3S2/c16-13(12-6-5-10-19-12)14-7-11-20(17,18)15-8-3-1-2-4-9-15/h5-6,10H,1-4,7-9,11H2,(H,14,16). The number of hydrogen-bond donors (Lipinski definition) is 1. The van der Waals surface area contributed by atoms with Gasteiger partial charge in [0, 0.05) is 19.6 Å². The smallest absolute Gasteiger partial charge is 0.261 e. The molecule has 2 heterocycles. The van der Waals surface area contributed by atoms with Crippen LogP contribution in [0.2, 0.25) is 0 Å². The summed E-state index contributed by atoms with van der Waals surface area (Å²) in [7, 11) is -3.25. The van der Waals surface area contributed by atoms with E-state index in [2.05, 4.69) is 5.32 Å². The fraction of sp³-hybridized carbons (Fsp3) is 0.615. The summed E-state index contributed by atoms with van der Waals surface area (Å²) < 4.78 is 25.9. The second kappa shape index (κ2) is 7.19. The molecule has 1 N–H and O–H groups in total. The number of nitrogens with one attached hydrogen (secondary N) is 1. The fourth-order valence-electron chi connectivity index (χ4n) is 2.24. The molecule has 0 saturated carbocycles. The van der Waals surface area contributed by atoms with Gasteiger partial charge >= 0.3 is 0 Å². The highest BCUT2D eigenvalue weighted by molar-refractivity contribution is 7.89. The summed E-state index contributed by atoms with van der Waals surface area (Å²) in [6.07, 6.45) is 4.06. The molecule has 0 radical (unpaired) electrons. The number of sulfonamides is 1. The second-order valence-electron chi connectivity index (χ2n) is 4.86. The number of carbonyl (C=O) groups is 1. The molecule has 1 aromatic rings. The van der Waals surface area contributed by atoms with Crippen molar-refractivity contribution in [1.82, 2.24) is 9.62 Å². The lowest BCUT2D eigenvalue weighted by molar-refractivity contribution is 0.0960. The van der Waals surface area contributed by atoms with E-state index in [0.29, 0.717) is 18.0 Å². The SMILES string of the molecule is O=C(NCCS(=O)(=O)N1CCCCCC1)c1cccs1. The normalized spacial score (nSPS) is 17.6. The molecule has 0 atom stereocenters. The molecular weight excluding hydrogens is 296 g/mol. The number of carbonyl (C=O) groups excluding carboxylic acids is 1. The summed E-state index contributed by atoms with van der Waals surface area (Å²) >= 11 is 1.35. The van der Waals surface area contributed by atoms with Gasteiger partial charge in [-0.2, -0.15) is 0 Å². The average molecular weight is 316 g/mol. The van der Waals surface area contributed by atoms with Crippen LogP contribution in [-0.2, 0) is 10.0 Å². The van der Waals surface area contributed by atoms with Crippen molar-refractivity contribution >= 4 is 27.3 Å². The predicted molar refractivity (Wildman–Crippen MR) is 80.5 cm³/mol. The van der Waals surface area contributed by atoms with Gasteiger partial charge in [0.25, 0.3) is 5.91 Å². The van der Waals surface area contributed by atoms with Crippen LogP contribution >= 0.6 is 11.3 Å². The first-order chi connectivity index (χ1) is 9.59. The first-order valence-electron chi connectivity index (χ1n) is 6.89. The summed E-state index contributed by atoms with van der Waals surface area (Å²) in [5, 5.41) is 4.48. The third kappa shape index (κ3) is 4.29. The molecule has 112 valence electrons. The molecule has 1 aliphatic rings. The van der Waals surface area contributed by atoms with Crippen molar-refractivity contribution in [2.24, 2.45) is 0 Å². The molecule has 1 fully saturated rings. The molecule has 0 bridgehead atoms. The number of hydrogen-bond acceptors (Lipinski definition) is 4. The zero-order valence-electron chi connectivity index (χ0n) is 11.4. The van der Waals surface area contributed by atoms with E-state index in [1.54, 1.807) is 16.4 Å². The molecule has 0 spiro atoms. The van der Waals surface area contributed by atoms with Gasteiger partial charge in [0.15, 0.2) is 0 Å². The van der Waals surface area contributed by atoms with Crippen molar-refractivity contribution in [1.29, 1.82) is 0 Å². The van der Waals surface area contributed by atoms with Crippen molar-refractivity contribution in [2.75, 3.05) is 25.4 Å². The minimum Gasteiger partial charge on any atom is -0.350 e. The number of nitrogens with zero attached hydrogens (tertiary/aromatic N) is 1.